The Morgan fingerprint density at radius 2 is 2.32 bits per heavy atom. The Bertz CT molecular complexity index is 520. The van der Waals surface area contributed by atoms with Crippen molar-refractivity contribution >= 4 is 11.6 Å². The van der Waals surface area contributed by atoms with Crippen molar-refractivity contribution in [2.24, 2.45) is 0 Å². The van der Waals surface area contributed by atoms with Crippen molar-refractivity contribution in [2.45, 2.75) is 25.8 Å². The number of nitriles is 1. The molecular weight excluding hydrogens is 245 g/mol. The van der Waals surface area contributed by atoms with Crippen LogP contribution in [0.15, 0.2) is 18.2 Å². The number of carbonyl (C=O) groups is 1. The molecule has 0 unspecified atom stereocenters. The average molecular weight is 261 g/mol. The van der Waals surface area contributed by atoms with Gasteiger partial charge in [0.15, 0.2) is 0 Å². The van der Waals surface area contributed by atoms with E-state index in [-0.39, 0.29) is 18.0 Å². The average Bonchev–Trinajstić information content (AvgIpc) is 3.23. The van der Waals surface area contributed by atoms with Crippen molar-refractivity contribution in [1.29, 1.82) is 5.26 Å². The van der Waals surface area contributed by atoms with E-state index in [1.807, 2.05) is 11.8 Å². The summed E-state index contributed by atoms with van der Waals surface area (Å²) in [4.78, 5) is 13.8. The molecule has 1 saturated carbocycles. The van der Waals surface area contributed by atoms with Crippen LogP contribution in [0.2, 0.25) is 0 Å². The number of likely N-dealkylation sites (N-methyl/N-ethyl adjacent to an activating group) is 1. The van der Waals surface area contributed by atoms with Crippen molar-refractivity contribution in [2.75, 3.05) is 18.4 Å². The predicted octanol–water partition coefficient (Wildman–Crippen LogP) is 2.12. The maximum atomic E-state index is 13.1. The molecule has 0 heterocycles. The summed E-state index contributed by atoms with van der Waals surface area (Å²) in [5.74, 6) is -0.514. The summed E-state index contributed by atoms with van der Waals surface area (Å²) in [6.45, 7) is 2.83. The number of hydrogen-bond donors (Lipinski definition) is 1. The van der Waals surface area contributed by atoms with Crippen LogP contribution in [0.25, 0.3) is 0 Å². The molecule has 1 aromatic carbocycles. The first kappa shape index (κ1) is 13.3. The van der Waals surface area contributed by atoms with Crippen LogP contribution < -0.4 is 5.32 Å². The molecule has 1 N–H and O–H groups in total. The molecule has 1 fully saturated rings. The standard InChI is InChI=1S/C14H16FN3O/c1-2-18(12-4-5-12)14(19)9-17-11-3-6-13(15)10(7-11)8-16/h3,6-7,12,17H,2,4-5,9H2,1H3. The predicted molar refractivity (Wildman–Crippen MR) is 70.0 cm³/mol. The Morgan fingerprint density at radius 1 is 1.58 bits per heavy atom. The fourth-order valence-electron chi connectivity index (χ4n) is 2.02. The third kappa shape index (κ3) is 3.22. The zero-order valence-electron chi connectivity index (χ0n) is 10.8. The molecule has 0 bridgehead atoms. The van der Waals surface area contributed by atoms with Crippen LogP contribution in [0.4, 0.5) is 10.1 Å². The van der Waals surface area contributed by atoms with E-state index in [0.717, 1.165) is 12.8 Å². The van der Waals surface area contributed by atoms with Gasteiger partial charge in [0.05, 0.1) is 12.1 Å². The lowest BCUT2D eigenvalue weighted by Crippen LogP contribution is -2.37. The fourth-order valence-corrected chi connectivity index (χ4v) is 2.02. The van der Waals surface area contributed by atoms with Crippen molar-refractivity contribution in [3.63, 3.8) is 0 Å². The number of hydrogen-bond acceptors (Lipinski definition) is 3. The molecule has 0 aromatic heterocycles. The molecule has 19 heavy (non-hydrogen) atoms. The Morgan fingerprint density at radius 3 is 2.89 bits per heavy atom. The first-order valence-electron chi connectivity index (χ1n) is 6.38. The SMILES string of the molecule is CCN(C(=O)CNc1ccc(F)c(C#N)c1)C1CC1. The smallest absolute Gasteiger partial charge is 0.242 e. The zero-order chi connectivity index (χ0) is 13.8. The molecule has 0 radical (unpaired) electrons. The molecule has 0 saturated heterocycles. The summed E-state index contributed by atoms with van der Waals surface area (Å²) in [6, 6.07) is 6.33. The number of amides is 1. The van der Waals surface area contributed by atoms with Crippen LogP contribution in [0.5, 0.6) is 0 Å². The van der Waals surface area contributed by atoms with E-state index in [0.29, 0.717) is 18.3 Å². The number of benzene rings is 1. The van der Waals surface area contributed by atoms with Crippen LogP contribution in [0.1, 0.15) is 25.3 Å². The summed E-state index contributed by atoms with van der Waals surface area (Å²) in [6.07, 6.45) is 2.16. The lowest BCUT2D eigenvalue weighted by Gasteiger charge is -2.20. The minimum Gasteiger partial charge on any atom is -0.376 e. The number of halogens is 1. The molecule has 1 amide bonds. The van der Waals surface area contributed by atoms with E-state index in [1.54, 1.807) is 6.07 Å². The second-order valence-corrected chi connectivity index (χ2v) is 4.57. The molecule has 5 heteroatoms. The van der Waals surface area contributed by atoms with Gasteiger partial charge in [0.25, 0.3) is 0 Å². The molecule has 0 spiro atoms. The quantitative estimate of drug-likeness (QED) is 0.883. The molecule has 0 aliphatic heterocycles. The minimum atomic E-state index is -0.549. The topological polar surface area (TPSA) is 56.1 Å². The zero-order valence-corrected chi connectivity index (χ0v) is 10.8. The summed E-state index contributed by atoms with van der Waals surface area (Å²) >= 11 is 0. The first-order valence-corrected chi connectivity index (χ1v) is 6.38. The van der Waals surface area contributed by atoms with Gasteiger partial charge in [-0.3, -0.25) is 4.79 Å². The molecule has 2 rings (SSSR count). The minimum absolute atomic E-state index is 0.0213. The van der Waals surface area contributed by atoms with Gasteiger partial charge in [0.1, 0.15) is 11.9 Å². The van der Waals surface area contributed by atoms with Crippen LogP contribution in [0.3, 0.4) is 0 Å². The van der Waals surface area contributed by atoms with E-state index in [2.05, 4.69) is 5.32 Å². The van der Waals surface area contributed by atoms with Crippen LogP contribution >= 0.6 is 0 Å². The number of rotatable bonds is 5. The summed E-state index contributed by atoms with van der Waals surface area (Å²) in [7, 11) is 0. The normalized spacial score (nSPS) is 13.7. The molecule has 4 nitrogen and oxygen atoms in total. The van der Waals surface area contributed by atoms with E-state index in [9.17, 15) is 9.18 Å². The van der Waals surface area contributed by atoms with Gasteiger partial charge in [-0.25, -0.2) is 4.39 Å². The van der Waals surface area contributed by atoms with E-state index < -0.39 is 5.82 Å². The highest BCUT2D eigenvalue weighted by molar-refractivity contribution is 5.81. The first-order chi connectivity index (χ1) is 9.15. The summed E-state index contributed by atoms with van der Waals surface area (Å²) in [5, 5.41) is 11.7. The summed E-state index contributed by atoms with van der Waals surface area (Å²) < 4.78 is 13.1. The number of carbonyl (C=O) groups excluding carboxylic acids is 1. The third-order valence-corrected chi connectivity index (χ3v) is 3.18. The van der Waals surface area contributed by atoms with E-state index >= 15 is 0 Å². The lowest BCUT2D eigenvalue weighted by atomic mass is 10.2. The highest BCUT2D eigenvalue weighted by Crippen LogP contribution is 2.26. The second-order valence-electron chi connectivity index (χ2n) is 4.57. The maximum Gasteiger partial charge on any atom is 0.242 e. The molecular formula is C14H16FN3O. The van der Waals surface area contributed by atoms with Gasteiger partial charge in [-0.05, 0) is 38.0 Å². The fraction of sp³-hybridized carbons (Fsp3) is 0.429. The monoisotopic (exact) mass is 261 g/mol. The number of nitrogens with zero attached hydrogens (tertiary/aromatic N) is 2. The molecule has 100 valence electrons. The van der Waals surface area contributed by atoms with Gasteiger partial charge in [0, 0.05) is 18.3 Å². The van der Waals surface area contributed by atoms with Crippen LogP contribution in [-0.2, 0) is 4.79 Å². The largest absolute Gasteiger partial charge is 0.376 e. The lowest BCUT2D eigenvalue weighted by molar-refractivity contribution is -0.129. The van der Waals surface area contributed by atoms with Gasteiger partial charge in [-0.2, -0.15) is 5.26 Å². The Kier molecular flexibility index (Phi) is 4.00. The van der Waals surface area contributed by atoms with Gasteiger partial charge in [-0.15, -0.1) is 0 Å². The van der Waals surface area contributed by atoms with Gasteiger partial charge >= 0.3 is 0 Å². The molecule has 1 aromatic rings. The highest BCUT2D eigenvalue weighted by atomic mass is 19.1. The summed E-state index contributed by atoms with van der Waals surface area (Å²) in [5.41, 5.74) is 0.560. The van der Waals surface area contributed by atoms with Gasteiger partial charge < -0.3 is 10.2 Å². The number of anilines is 1. The molecule has 0 atom stereocenters. The van der Waals surface area contributed by atoms with E-state index in [1.165, 1.54) is 18.2 Å². The molecule has 1 aliphatic rings. The van der Waals surface area contributed by atoms with Crippen molar-refractivity contribution in [1.82, 2.24) is 4.90 Å². The van der Waals surface area contributed by atoms with Crippen LogP contribution in [-0.4, -0.2) is 29.9 Å². The second kappa shape index (κ2) is 5.70. The number of nitrogens with one attached hydrogen (secondary N) is 1. The van der Waals surface area contributed by atoms with Gasteiger partial charge in [-0.1, -0.05) is 0 Å². The highest BCUT2D eigenvalue weighted by Gasteiger charge is 2.30. The maximum absolute atomic E-state index is 13.1. The van der Waals surface area contributed by atoms with Crippen molar-refractivity contribution in [3.8, 4) is 6.07 Å². The third-order valence-electron chi connectivity index (χ3n) is 3.18. The van der Waals surface area contributed by atoms with Crippen molar-refractivity contribution < 1.29 is 9.18 Å². The van der Waals surface area contributed by atoms with Crippen molar-refractivity contribution in [3.05, 3.63) is 29.6 Å². The molecule has 1 aliphatic carbocycles. The van der Waals surface area contributed by atoms with E-state index in [4.69, 9.17) is 5.26 Å². The van der Waals surface area contributed by atoms with Crippen LogP contribution in [0, 0.1) is 17.1 Å². The Balaban J connectivity index is 1.95. The Hall–Kier alpha value is -2.09. The Labute approximate surface area is 111 Å². The van der Waals surface area contributed by atoms with Gasteiger partial charge in [0.2, 0.25) is 5.91 Å².